The van der Waals surface area contributed by atoms with Crippen LogP contribution in [0.25, 0.3) is 0 Å². The predicted molar refractivity (Wildman–Crippen MR) is 75.7 cm³/mol. The number of alkyl halides is 12. The highest BCUT2D eigenvalue weighted by Crippen LogP contribution is 2.49. The number of nitrogens with zero attached hydrogens (tertiary/aromatic N) is 1. The first kappa shape index (κ1) is 27.6. The van der Waals surface area contributed by atoms with Crippen molar-refractivity contribution in [2.45, 2.75) is 55.3 Å². The minimum atomic E-state index is -6.46. The molecule has 31 heavy (non-hydrogen) atoms. The second-order valence-corrected chi connectivity index (χ2v) is 8.54. The van der Waals surface area contributed by atoms with Crippen LogP contribution < -0.4 is 0 Å². The molecule has 0 amide bonds. The molecular weight excluding hydrogens is 494 g/mol. The Morgan fingerprint density at radius 2 is 1.26 bits per heavy atom. The SMILES string of the molecule is CC(F)(F)C(F)(F)C(F)(F)S(=O)(=O)N1CCC(C(=O)OC(C(F)(F)F)C(F)(F)F)CC1. The third-order valence-corrected chi connectivity index (χ3v) is 6.15. The van der Waals surface area contributed by atoms with Gasteiger partial charge in [-0.05, 0) is 12.8 Å². The van der Waals surface area contributed by atoms with E-state index in [1.807, 2.05) is 0 Å². The Balaban J connectivity index is 2.96. The molecule has 0 radical (unpaired) electrons. The maximum absolute atomic E-state index is 13.7. The van der Waals surface area contributed by atoms with Crippen LogP contribution in [-0.2, 0) is 19.6 Å². The van der Waals surface area contributed by atoms with Crippen LogP contribution >= 0.6 is 0 Å². The predicted octanol–water partition coefficient (Wildman–Crippen LogP) is 3.95. The third-order valence-electron chi connectivity index (χ3n) is 4.20. The van der Waals surface area contributed by atoms with Gasteiger partial charge in [0.2, 0.25) is 0 Å². The minimum Gasteiger partial charge on any atom is -0.443 e. The number of halogens is 12. The van der Waals surface area contributed by atoms with E-state index in [-0.39, 0.29) is 0 Å². The summed E-state index contributed by atoms with van der Waals surface area (Å²) in [6, 6.07) is 0. The Kier molecular flexibility index (Phi) is 7.25. The molecule has 0 aromatic heterocycles. The van der Waals surface area contributed by atoms with Gasteiger partial charge in [-0.1, -0.05) is 0 Å². The summed E-state index contributed by atoms with van der Waals surface area (Å²) in [6.07, 6.45) is -18.6. The van der Waals surface area contributed by atoms with Gasteiger partial charge < -0.3 is 4.74 Å². The van der Waals surface area contributed by atoms with E-state index in [9.17, 15) is 65.9 Å². The molecule has 0 saturated carbocycles. The van der Waals surface area contributed by atoms with Crippen molar-refractivity contribution >= 4 is 16.0 Å². The van der Waals surface area contributed by atoms with Gasteiger partial charge in [-0.3, -0.25) is 4.79 Å². The Morgan fingerprint density at radius 3 is 1.58 bits per heavy atom. The van der Waals surface area contributed by atoms with E-state index in [1.165, 1.54) is 0 Å². The summed E-state index contributed by atoms with van der Waals surface area (Å²) < 4.78 is 181. The van der Waals surface area contributed by atoms with E-state index in [0.29, 0.717) is 0 Å². The molecule has 18 heteroatoms. The molecule has 1 rings (SSSR count). The van der Waals surface area contributed by atoms with Crippen molar-refractivity contribution in [2.24, 2.45) is 5.92 Å². The van der Waals surface area contributed by atoms with Gasteiger partial charge in [0.15, 0.2) is 0 Å². The average Bonchev–Trinajstić information content (AvgIpc) is 2.56. The standard InChI is InChI=1S/C13H13F12NO4S/c1-9(14,15)12(22,23)13(24,25)31(28,29)26-4-2-6(3-5-26)7(27)30-8(10(16,17)18)11(19,20)21/h6,8H,2-5H2,1H3. The van der Waals surface area contributed by atoms with Crippen molar-refractivity contribution in [3.05, 3.63) is 0 Å². The Hall–Kier alpha value is -1.46. The molecule has 0 bridgehead atoms. The molecule has 0 aromatic rings. The highest BCUT2D eigenvalue weighted by molar-refractivity contribution is 7.90. The van der Waals surface area contributed by atoms with E-state index in [2.05, 4.69) is 4.74 Å². The molecule has 5 nitrogen and oxygen atoms in total. The van der Waals surface area contributed by atoms with Crippen LogP contribution in [0.5, 0.6) is 0 Å². The van der Waals surface area contributed by atoms with Crippen molar-refractivity contribution in [3.63, 3.8) is 0 Å². The lowest BCUT2D eigenvalue weighted by Gasteiger charge is -2.36. The molecule has 184 valence electrons. The maximum atomic E-state index is 13.7. The number of carbonyl (C=O) groups is 1. The maximum Gasteiger partial charge on any atom is 0.434 e. The van der Waals surface area contributed by atoms with Crippen LogP contribution in [0, 0.1) is 5.92 Å². The van der Waals surface area contributed by atoms with Crippen LogP contribution in [0.2, 0.25) is 0 Å². The fraction of sp³-hybridized carbons (Fsp3) is 0.923. The molecule has 1 fully saturated rings. The molecule has 0 aliphatic carbocycles. The molecule has 1 heterocycles. The van der Waals surface area contributed by atoms with Gasteiger partial charge in [-0.2, -0.15) is 57.0 Å². The highest BCUT2D eigenvalue weighted by Gasteiger charge is 2.76. The number of rotatable bonds is 6. The van der Waals surface area contributed by atoms with Crippen LogP contribution in [0.15, 0.2) is 0 Å². The summed E-state index contributed by atoms with van der Waals surface area (Å²) in [5, 5.41) is -6.32. The van der Waals surface area contributed by atoms with Gasteiger partial charge >= 0.3 is 35.4 Å². The zero-order valence-corrected chi connectivity index (χ0v) is 15.8. The number of carbonyl (C=O) groups excluding carboxylic acids is 1. The van der Waals surface area contributed by atoms with Crippen LogP contribution in [0.3, 0.4) is 0 Å². The van der Waals surface area contributed by atoms with E-state index < -0.39 is 94.6 Å². The van der Waals surface area contributed by atoms with Gasteiger partial charge in [0.05, 0.1) is 5.92 Å². The van der Waals surface area contributed by atoms with Crippen molar-refractivity contribution < 1.29 is 70.6 Å². The van der Waals surface area contributed by atoms with Gasteiger partial charge in [0.25, 0.3) is 16.1 Å². The quantitative estimate of drug-likeness (QED) is 0.404. The number of ether oxygens (including phenoxy) is 1. The second-order valence-electron chi connectivity index (χ2n) is 6.56. The summed E-state index contributed by atoms with van der Waals surface area (Å²) in [5.74, 6) is -15.8. The normalized spacial score (nSPS) is 19.0. The molecule has 0 aromatic carbocycles. The Bertz CT molecular complexity index is 749. The van der Waals surface area contributed by atoms with Gasteiger partial charge in [0.1, 0.15) is 0 Å². The lowest BCUT2D eigenvalue weighted by molar-refractivity contribution is -0.314. The molecule has 1 aliphatic rings. The van der Waals surface area contributed by atoms with Gasteiger partial charge in [-0.25, -0.2) is 8.42 Å². The number of piperidine rings is 1. The summed E-state index contributed by atoms with van der Waals surface area (Å²) >= 11 is 0. The topological polar surface area (TPSA) is 63.7 Å². The van der Waals surface area contributed by atoms with Gasteiger partial charge in [-0.15, -0.1) is 0 Å². The zero-order valence-electron chi connectivity index (χ0n) is 15.0. The van der Waals surface area contributed by atoms with Crippen molar-refractivity contribution in [3.8, 4) is 0 Å². The molecular formula is C13H13F12NO4S. The van der Waals surface area contributed by atoms with E-state index in [4.69, 9.17) is 0 Å². The van der Waals surface area contributed by atoms with Crippen LogP contribution in [-0.4, -0.2) is 67.3 Å². The van der Waals surface area contributed by atoms with E-state index in [0.717, 1.165) is 0 Å². The first-order valence-electron chi connectivity index (χ1n) is 7.95. The van der Waals surface area contributed by atoms with Crippen molar-refractivity contribution in [2.75, 3.05) is 13.1 Å². The summed E-state index contributed by atoms with van der Waals surface area (Å²) in [7, 11) is -6.46. The lowest BCUT2D eigenvalue weighted by Crippen LogP contribution is -2.61. The van der Waals surface area contributed by atoms with Crippen molar-refractivity contribution in [1.29, 1.82) is 0 Å². The summed E-state index contributed by atoms with van der Waals surface area (Å²) in [4.78, 5) is 11.6. The fourth-order valence-electron chi connectivity index (χ4n) is 2.44. The molecule has 0 N–H and O–H groups in total. The van der Waals surface area contributed by atoms with Crippen LogP contribution in [0.1, 0.15) is 19.8 Å². The Labute approximate surface area is 166 Å². The van der Waals surface area contributed by atoms with Crippen LogP contribution in [0.4, 0.5) is 52.7 Å². The summed E-state index contributed by atoms with van der Waals surface area (Å²) in [5.41, 5.74) is 0. The molecule has 1 aliphatic heterocycles. The molecule has 0 spiro atoms. The highest BCUT2D eigenvalue weighted by atomic mass is 32.2. The molecule has 0 atom stereocenters. The number of esters is 1. The monoisotopic (exact) mass is 507 g/mol. The largest absolute Gasteiger partial charge is 0.443 e. The minimum absolute atomic E-state index is 0.415. The second kappa shape index (κ2) is 8.15. The number of hydrogen-bond donors (Lipinski definition) is 0. The van der Waals surface area contributed by atoms with Gasteiger partial charge in [0, 0.05) is 20.0 Å². The molecule has 0 unspecified atom stereocenters. The smallest absolute Gasteiger partial charge is 0.434 e. The Morgan fingerprint density at radius 1 is 0.871 bits per heavy atom. The first-order chi connectivity index (χ1) is 13.5. The number of hydrogen-bond acceptors (Lipinski definition) is 4. The number of sulfonamides is 1. The average molecular weight is 507 g/mol. The molecule has 1 saturated heterocycles. The summed E-state index contributed by atoms with van der Waals surface area (Å²) in [6.45, 7) is -3.17. The van der Waals surface area contributed by atoms with E-state index in [1.54, 1.807) is 0 Å². The lowest BCUT2D eigenvalue weighted by atomic mass is 9.98. The van der Waals surface area contributed by atoms with Crippen molar-refractivity contribution in [1.82, 2.24) is 4.31 Å². The fourth-order valence-corrected chi connectivity index (χ4v) is 3.96. The van der Waals surface area contributed by atoms with E-state index >= 15 is 0 Å². The zero-order chi connectivity index (χ0) is 24.8. The first-order valence-corrected chi connectivity index (χ1v) is 9.39. The third kappa shape index (κ3) is 5.31.